The van der Waals surface area contributed by atoms with Crippen LogP contribution in [-0.2, 0) is 6.54 Å². The van der Waals surface area contributed by atoms with Crippen molar-refractivity contribution in [1.82, 2.24) is 14.4 Å². The van der Waals surface area contributed by atoms with Gasteiger partial charge in [0, 0.05) is 30.2 Å². The lowest BCUT2D eigenvalue weighted by molar-refractivity contribution is 1.05. The molecule has 0 aliphatic carbocycles. The highest BCUT2D eigenvalue weighted by Crippen LogP contribution is 2.20. The molecule has 0 bridgehead atoms. The molecule has 0 fully saturated rings. The quantitative estimate of drug-likeness (QED) is 0.791. The van der Waals surface area contributed by atoms with Gasteiger partial charge in [0.1, 0.15) is 4.60 Å². The molecule has 0 unspecified atom stereocenters. The molecule has 3 aromatic rings. The monoisotopic (exact) mass is 336 g/mol. The largest absolute Gasteiger partial charge is 0.363 e. The average Bonchev–Trinajstić information content (AvgIpc) is 2.85. The fourth-order valence-corrected chi connectivity index (χ4v) is 2.44. The van der Waals surface area contributed by atoms with Gasteiger partial charge < -0.3 is 9.72 Å². The second kappa shape index (κ2) is 5.19. The molecule has 96 valence electrons. The van der Waals surface area contributed by atoms with Crippen LogP contribution in [0.4, 0.5) is 5.82 Å². The lowest BCUT2D eigenvalue weighted by atomic mass is 10.2. The molecule has 4 nitrogen and oxygen atoms in total. The van der Waals surface area contributed by atoms with Crippen molar-refractivity contribution < 1.29 is 0 Å². The van der Waals surface area contributed by atoms with E-state index in [1.54, 1.807) is 6.20 Å². The second-order valence-electron chi connectivity index (χ2n) is 4.02. The van der Waals surface area contributed by atoms with Gasteiger partial charge in [-0.2, -0.15) is 0 Å². The molecule has 1 N–H and O–H groups in total. The molecule has 2 aromatic heterocycles. The molecule has 0 aliphatic heterocycles. The Morgan fingerprint density at radius 3 is 3.00 bits per heavy atom. The number of imidazole rings is 1. The third-order valence-corrected chi connectivity index (χ3v) is 3.50. The van der Waals surface area contributed by atoms with Crippen molar-refractivity contribution in [3.63, 3.8) is 0 Å². The van der Waals surface area contributed by atoms with Crippen LogP contribution in [0.5, 0.6) is 0 Å². The number of halogens is 2. The SMILES string of the molecule is Clc1ccccc1CNc1nc(Br)cn2ccnc12. The normalized spacial score (nSPS) is 10.8. The first-order chi connectivity index (χ1) is 9.24. The van der Waals surface area contributed by atoms with Crippen molar-refractivity contribution in [2.45, 2.75) is 6.54 Å². The fraction of sp³-hybridized carbons (Fsp3) is 0.0769. The lowest BCUT2D eigenvalue weighted by Crippen LogP contribution is -2.04. The van der Waals surface area contributed by atoms with Crippen LogP contribution in [0.2, 0.25) is 5.02 Å². The third kappa shape index (κ3) is 2.57. The molecule has 1 aromatic carbocycles. The maximum Gasteiger partial charge on any atom is 0.180 e. The van der Waals surface area contributed by atoms with Gasteiger partial charge in [-0.3, -0.25) is 0 Å². The zero-order valence-electron chi connectivity index (χ0n) is 9.85. The Morgan fingerprint density at radius 2 is 2.16 bits per heavy atom. The molecule has 0 aliphatic rings. The van der Waals surface area contributed by atoms with E-state index in [0.717, 1.165) is 26.7 Å². The van der Waals surface area contributed by atoms with Crippen LogP contribution < -0.4 is 5.32 Å². The zero-order chi connectivity index (χ0) is 13.2. The van der Waals surface area contributed by atoms with E-state index in [1.165, 1.54) is 0 Å². The zero-order valence-corrected chi connectivity index (χ0v) is 12.2. The van der Waals surface area contributed by atoms with Crippen LogP contribution in [0.25, 0.3) is 5.65 Å². The number of fused-ring (bicyclic) bond motifs is 1. The highest BCUT2D eigenvalue weighted by molar-refractivity contribution is 9.10. The predicted molar refractivity (Wildman–Crippen MR) is 79.5 cm³/mol. The summed E-state index contributed by atoms with van der Waals surface area (Å²) < 4.78 is 2.66. The smallest absolute Gasteiger partial charge is 0.180 e. The molecule has 0 atom stereocenters. The number of nitrogens with one attached hydrogen (secondary N) is 1. The molecule has 19 heavy (non-hydrogen) atoms. The highest BCUT2D eigenvalue weighted by Gasteiger charge is 2.07. The number of rotatable bonds is 3. The van der Waals surface area contributed by atoms with Crippen LogP contribution in [0.15, 0.2) is 47.5 Å². The molecular formula is C13H10BrClN4. The van der Waals surface area contributed by atoms with Gasteiger partial charge in [0.15, 0.2) is 11.5 Å². The summed E-state index contributed by atoms with van der Waals surface area (Å²) in [7, 11) is 0. The van der Waals surface area contributed by atoms with E-state index in [9.17, 15) is 0 Å². The van der Waals surface area contributed by atoms with Crippen molar-refractivity contribution in [1.29, 1.82) is 0 Å². The minimum Gasteiger partial charge on any atom is -0.363 e. The Labute approximate surface area is 123 Å². The number of nitrogens with zero attached hydrogens (tertiary/aromatic N) is 3. The maximum absolute atomic E-state index is 6.13. The Kier molecular flexibility index (Phi) is 3.40. The van der Waals surface area contributed by atoms with Gasteiger partial charge >= 0.3 is 0 Å². The summed E-state index contributed by atoms with van der Waals surface area (Å²) in [6, 6.07) is 7.73. The van der Waals surface area contributed by atoms with Crippen LogP contribution in [0, 0.1) is 0 Å². The van der Waals surface area contributed by atoms with Gasteiger partial charge in [0.2, 0.25) is 0 Å². The maximum atomic E-state index is 6.13. The molecule has 0 saturated heterocycles. The van der Waals surface area contributed by atoms with E-state index in [-0.39, 0.29) is 0 Å². The Balaban J connectivity index is 1.90. The molecular weight excluding hydrogens is 328 g/mol. The van der Waals surface area contributed by atoms with E-state index >= 15 is 0 Å². The summed E-state index contributed by atoms with van der Waals surface area (Å²) in [5, 5.41) is 4.00. The molecule has 3 rings (SSSR count). The number of aromatic nitrogens is 3. The van der Waals surface area contributed by atoms with Gasteiger partial charge in [-0.15, -0.1) is 0 Å². The van der Waals surface area contributed by atoms with Crippen molar-refractivity contribution in [2.24, 2.45) is 0 Å². The first-order valence-corrected chi connectivity index (χ1v) is 6.87. The van der Waals surface area contributed by atoms with Gasteiger partial charge in [-0.1, -0.05) is 29.8 Å². The lowest BCUT2D eigenvalue weighted by Gasteiger charge is -2.08. The highest BCUT2D eigenvalue weighted by atomic mass is 79.9. The van der Waals surface area contributed by atoms with E-state index in [2.05, 4.69) is 31.2 Å². The first-order valence-electron chi connectivity index (χ1n) is 5.70. The summed E-state index contributed by atoms with van der Waals surface area (Å²) in [5.74, 6) is 0.722. The first kappa shape index (κ1) is 12.4. The molecule has 0 spiro atoms. The van der Waals surface area contributed by atoms with Crippen molar-refractivity contribution in [2.75, 3.05) is 5.32 Å². The van der Waals surface area contributed by atoms with Gasteiger partial charge in [0.05, 0.1) is 0 Å². The number of anilines is 1. The topological polar surface area (TPSA) is 42.2 Å². The van der Waals surface area contributed by atoms with Crippen molar-refractivity contribution >= 4 is 39.0 Å². The van der Waals surface area contributed by atoms with Gasteiger partial charge in [-0.05, 0) is 27.6 Å². The van der Waals surface area contributed by atoms with Crippen molar-refractivity contribution in [3.05, 3.63) is 58.0 Å². The van der Waals surface area contributed by atoms with Crippen LogP contribution in [-0.4, -0.2) is 14.4 Å². The minimum atomic E-state index is 0.603. The van der Waals surface area contributed by atoms with Crippen molar-refractivity contribution in [3.8, 4) is 0 Å². The summed E-state index contributed by atoms with van der Waals surface area (Å²) >= 11 is 9.51. The fourth-order valence-electron chi connectivity index (χ4n) is 1.84. The van der Waals surface area contributed by atoms with Crippen LogP contribution in [0.3, 0.4) is 0 Å². The predicted octanol–water partition coefficient (Wildman–Crippen LogP) is 3.76. The third-order valence-electron chi connectivity index (χ3n) is 2.75. The van der Waals surface area contributed by atoms with E-state index in [0.29, 0.717) is 6.54 Å². The number of hydrogen-bond donors (Lipinski definition) is 1. The molecule has 0 saturated carbocycles. The molecule has 0 radical (unpaired) electrons. The minimum absolute atomic E-state index is 0.603. The van der Waals surface area contributed by atoms with Crippen LogP contribution >= 0.6 is 27.5 Å². The summed E-state index contributed by atoms with van der Waals surface area (Å²) in [6.45, 7) is 0.603. The average molecular weight is 338 g/mol. The number of hydrogen-bond acceptors (Lipinski definition) is 3. The Hall–Kier alpha value is -1.59. The van der Waals surface area contributed by atoms with E-state index in [1.807, 2.05) is 41.1 Å². The second-order valence-corrected chi connectivity index (χ2v) is 5.23. The van der Waals surface area contributed by atoms with Gasteiger partial charge in [-0.25, -0.2) is 9.97 Å². The Bertz CT molecular complexity index is 725. The molecule has 2 heterocycles. The Morgan fingerprint density at radius 1 is 1.32 bits per heavy atom. The molecule has 0 amide bonds. The molecule has 6 heteroatoms. The summed E-state index contributed by atoms with van der Waals surface area (Å²) in [5.41, 5.74) is 1.81. The summed E-state index contributed by atoms with van der Waals surface area (Å²) in [4.78, 5) is 8.68. The van der Waals surface area contributed by atoms with Gasteiger partial charge in [0.25, 0.3) is 0 Å². The standard InChI is InChI=1S/C13H10BrClN4/c14-11-8-19-6-5-16-13(19)12(18-11)17-7-9-3-1-2-4-10(9)15/h1-6,8H,7H2,(H,17,18). The number of benzene rings is 1. The van der Waals surface area contributed by atoms with Crippen LogP contribution in [0.1, 0.15) is 5.56 Å². The van der Waals surface area contributed by atoms with E-state index < -0.39 is 0 Å². The van der Waals surface area contributed by atoms with E-state index in [4.69, 9.17) is 11.6 Å². The summed E-state index contributed by atoms with van der Waals surface area (Å²) in [6.07, 6.45) is 5.48.